The monoisotopic (exact) mass is 314 g/mol. The molecular formula is C17H15F5. The predicted octanol–water partition coefficient (Wildman–Crippen LogP) is 5.78. The minimum absolute atomic E-state index is 0.0351. The SMILES string of the molecule is CCCCCc1ccc(-c2c(F)c(F)c(F)c(F)c2F)cc1. The Balaban J connectivity index is 2.37. The molecule has 0 saturated carbocycles. The molecule has 22 heavy (non-hydrogen) atoms. The van der Waals surface area contributed by atoms with Crippen LogP contribution in [0.4, 0.5) is 22.0 Å². The van der Waals surface area contributed by atoms with Gasteiger partial charge in [0.05, 0.1) is 5.56 Å². The first-order valence-electron chi connectivity index (χ1n) is 7.08. The number of unbranched alkanes of at least 4 members (excludes halogenated alkanes) is 2. The minimum atomic E-state index is -2.14. The number of benzene rings is 2. The molecule has 0 unspecified atom stereocenters. The van der Waals surface area contributed by atoms with Crippen LogP contribution in [0.15, 0.2) is 24.3 Å². The number of rotatable bonds is 5. The van der Waals surface area contributed by atoms with E-state index >= 15 is 0 Å². The fourth-order valence-electron chi connectivity index (χ4n) is 2.28. The molecule has 0 nitrogen and oxygen atoms in total. The van der Waals surface area contributed by atoms with Crippen LogP contribution in [-0.4, -0.2) is 0 Å². The molecule has 2 aromatic rings. The molecule has 118 valence electrons. The Bertz CT molecular complexity index is 633. The third-order valence-corrected chi connectivity index (χ3v) is 3.52. The summed E-state index contributed by atoms with van der Waals surface area (Å²) in [5.74, 6) is -9.62. The van der Waals surface area contributed by atoms with E-state index in [0.29, 0.717) is 0 Å². The van der Waals surface area contributed by atoms with Crippen molar-refractivity contribution in [2.24, 2.45) is 0 Å². The lowest BCUT2D eigenvalue weighted by Crippen LogP contribution is -2.04. The van der Waals surface area contributed by atoms with Crippen molar-refractivity contribution in [1.82, 2.24) is 0 Å². The van der Waals surface area contributed by atoms with Crippen LogP contribution in [0.5, 0.6) is 0 Å². The van der Waals surface area contributed by atoms with Crippen molar-refractivity contribution in [3.8, 4) is 11.1 Å². The molecule has 0 radical (unpaired) electrons. The smallest absolute Gasteiger partial charge is 0.200 e. The molecule has 0 aliphatic carbocycles. The number of hydrogen-bond acceptors (Lipinski definition) is 0. The highest BCUT2D eigenvalue weighted by molar-refractivity contribution is 5.65. The van der Waals surface area contributed by atoms with Gasteiger partial charge in [-0.2, -0.15) is 0 Å². The highest BCUT2D eigenvalue weighted by Gasteiger charge is 2.26. The molecular weight excluding hydrogens is 299 g/mol. The predicted molar refractivity (Wildman–Crippen MR) is 74.9 cm³/mol. The van der Waals surface area contributed by atoms with Gasteiger partial charge < -0.3 is 0 Å². The minimum Gasteiger partial charge on any atom is -0.203 e. The Morgan fingerprint density at radius 3 is 1.68 bits per heavy atom. The number of halogens is 5. The maximum absolute atomic E-state index is 13.7. The fourth-order valence-corrected chi connectivity index (χ4v) is 2.28. The van der Waals surface area contributed by atoms with Gasteiger partial charge >= 0.3 is 0 Å². The zero-order valence-corrected chi connectivity index (χ0v) is 12.0. The van der Waals surface area contributed by atoms with Crippen molar-refractivity contribution in [2.45, 2.75) is 32.6 Å². The van der Waals surface area contributed by atoms with Gasteiger partial charge in [-0.05, 0) is 24.0 Å². The van der Waals surface area contributed by atoms with Crippen LogP contribution in [0.3, 0.4) is 0 Å². The fraction of sp³-hybridized carbons (Fsp3) is 0.294. The van der Waals surface area contributed by atoms with Crippen LogP contribution in [-0.2, 0) is 6.42 Å². The molecule has 0 aliphatic rings. The standard InChI is InChI=1S/C17H15F5/c1-2-3-4-5-10-6-8-11(9-7-10)12-13(18)15(20)17(22)16(21)14(12)19/h6-9H,2-5H2,1H3. The van der Waals surface area contributed by atoms with Crippen molar-refractivity contribution in [2.75, 3.05) is 0 Å². The second-order valence-corrected chi connectivity index (χ2v) is 5.10. The normalized spacial score (nSPS) is 11.0. The highest BCUT2D eigenvalue weighted by Crippen LogP contribution is 2.31. The number of aryl methyl sites for hydroxylation is 1. The molecule has 0 aliphatic heterocycles. The van der Waals surface area contributed by atoms with Gasteiger partial charge in [0.2, 0.25) is 5.82 Å². The van der Waals surface area contributed by atoms with Crippen molar-refractivity contribution >= 4 is 0 Å². The van der Waals surface area contributed by atoms with Gasteiger partial charge in [0.25, 0.3) is 0 Å². The van der Waals surface area contributed by atoms with E-state index in [0.717, 1.165) is 31.2 Å². The van der Waals surface area contributed by atoms with E-state index in [1.165, 1.54) is 12.1 Å². The first kappa shape index (κ1) is 16.5. The van der Waals surface area contributed by atoms with E-state index < -0.39 is 34.6 Å². The Labute approximate surface area is 125 Å². The van der Waals surface area contributed by atoms with Gasteiger partial charge in [0, 0.05) is 0 Å². The van der Waals surface area contributed by atoms with E-state index in [2.05, 4.69) is 6.92 Å². The molecule has 0 atom stereocenters. The summed E-state index contributed by atoms with van der Waals surface area (Å²) in [6, 6.07) is 6.03. The molecule has 0 amide bonds. The van der Waals surface area contributed by atoms with Crippen molar-refractivity contribution in [1.29, 1.82) is 0 Å². The Morgan fingerprint density at radius 1 is 0.682 bits per heavy atom. The Morgan fingerprint density at radius 2 is 1.18 bits per heavy atom. The highest BCUT2D eigenvalue weighted by atomic mass is 19.2. The van der Waals surface area contributed by atoms with E-state index in [-0.39, 0.29) is 5.56 Å². The summed E-state index contributed by atoms with van der Waals surface area (Å²) in [5, 5.41) is 0. The van der Waals surface area contributed by atoms with E-state index in [1.807, 2.05) is 0 Å². The molecule has 0 bridgehead atoms. The maximum Gasteiger partial charge on any atom is 0.200 e. The maximum atomic E-state index is 13.7. The van der Waals surface area contributed by atoms with Gasteiger partial charge in [0.1, 0.15) is 0 Å². The van der Waals surface area contributed by atoms with Crippen molar-refractivity contribution < 1.29 is 22.0 Å². The quantitative estimate of drug-likeness (QED) is 0.284. The second kappa shape index (κ2) is 6.90. The van der Waals surface area contributed by atoms with Crippen molar-refractivity contribution in [3.05, 3.63) is 58.9 Å². The Hall–Kier alpha value is -1.91. The lowest BCUT2D eigenvalue weighted by atomic mass is 10.00. The lowest BCUT2D eigenvalue weighted by molar-refractivity contribution is 0.381. The molecule has 0 heterocycles. The van der Waals surface area contributed by atoms with Crippen LogP contribution in [0.2, 0.25) is 0 Å². The van der Waals surface area contributed by atoms with E-state index in [4.69, 9.17) is 0 Å². The van der Waals surface area contributed by atoms with Gasteiger partial charge in [-0.15, -0.1) is 0 Å². The molecule has 0 fully saturated rings. The van der Waals surface area contributed by atoms with Crippen LogP contribution in [0.25, 0.3) is 11.1 Å². The first-order valence-corrected chi connectivity index (χ1v) is 7.08. The third kappa shape index (κ3) is 3.13. The summed E-state index contributed by atoms with van der Waals surface area (Å²) in [6.45, 7) is 2.08. The Kier molecular flexibility index (Phi) is 5.16. The molecule has 0 saturated heterocycles. The van der Waals surface area contributed by atoms with Crippen LogP contribution < -0.4 is 0 Å². The van der Waals surface area contributed by atoms with Gasteiger partial charge in [-0.3, -0.25) is 0 Å². The largest absolute Gasteiger partial charge is 0.203 e. The van der Waals surface area contributed by atoms with E-state index in [1.54, 1.807) is 12.1 Å². The topological polar surface area (TPSA) is 0 Å². The summed E-state index contributed by atoms with van der Waals surface area (Å²) in [5.41, 5.74) is 0.0321. The third-order valence-electron chi connectivity index (χ3n) is 3.52. The van der Waals surface area contributed by atoms with E-state index in [9.17, 15) is 22.0 Å². The molecule has 0 spiro atoms. The van der Waals surface area contributed by atoms with Gasteiger partial charge in [-0.25, -0.2) is 22.0 Å². The summed E-state index contributed by atoms with van der Waals surface area (Å²) in [6.07, 6.45) is 3.94. The van der Waals surface area contributed by atoms with Crippen LogP contribution >= 0.6 is 0 Å². The summed E-state index contributed by atoms with van der Waals surface area (Å²) >= 11 is 0. The van der Waals surface area contributed by atoms with Crippen LogP contribution in [0, 0.1) is 29.1 Å². The van der Waals surface area contributed by atoms with Crippen molar-refractivity contribution in [3.63, 3.8) is 0 Å². The summed E-state index contributed by atoms with van der Waals surface area (Å²) in [4.78, 5) is 0. The first-order chi connectivity index (χ1) is 10.5. The zero-order valence-electron chi connectivity index (χ0n) is 12.0. The molecule has 2 aromatic carbocycles. The average Bonchev–Trinajstić information content (AvgIpc) is 2.53. The average molecular weight is 314 g/mol. The summed E-state index contributed by atoms with van der Waals surface area (Å²) < 4.78 is 66.9. The lowest BCUT2D eigenvalue weighted by Gasteiger charge is -2.09. The van der Waals surface area contributed by atoms with Gasteiger partial charge in [-0.1, -0.05) is 44.0 Å². The zero-order chi connectivity index (χ0) is 16.3. The molecule has 5 heteroatoms. The molecule has 0 N–H and O–H groups in total. The number of hydrogen-bond donors (Lipinski definition) is 0. The van der Waals surface area contributed by atoms with Gasteiger partial charge in [0.15, 0.2) is 23.3 Å². The second-order valence-electron chi connectivity index (χ2n) is 5.10. The van der Waals surface area contributed by atoms with Crippen LogP contribution in [0.1, 0.15) is 31.7 Å². The molecule has 0 aromatic heterocycles. The molecule has 2 rings (SSSR count). The summed E-state index contributed by atoms with van der Waals surface area (Å²) in [7, 11) is 0.